The Morgan fingerprint density at radius 1 is 1.67 bits per heavy atom. The van der Waals surface area contributed by atoms with Crippen LogP contribution < -0.4 is 5.32 Å². The summed E-state index contributed by atoms with van der Waals surface area (Å²) in [5, 5.41) is 27.4. The largest absolute Gasteiger partial charge is 0.389 e. The average molecular weight is 314 g/mol. The zero-order chi connectivity index (χ0) is 15.3. The van der Waals surface area contributed by atoms with Crippen LogP contribution >= 0.6 is 11.3 Å². The third-order valence-electron chi connectivity index (χ3n) is 3.77. The van der Waals surface area contributed by atoms with Crippen molar-refractivity contribution < 1.29 is 19.7 Å². The van der Waals surface area contributed by atoms with E-state index in [1.54, 1.807) is 11.3 Å². The lowest BCUT2D eigenvalue weighted by atomic mass is 9.88. The van der Waals surface area contributed by atoms with E-state index in [-0.39, 0.29) is 19.1 Å². The Hall–Kier alpha value is -0.990. The van der Waals surface area contributed by atoms with Crippen molar-refractivity contribution in [2.24, 2.45) is 0 Å². The van der Waals surface area contributed by atoms with Crippen LogP contribution in [0.3, 0.4) is 0 Å². The monoisotopic (exact) mass is 314 g/mol. The summed E-state index contributed by atoms with van der Waals surface area (Å²) in [7, 11) is 1.44. The van der Waals surface area contributed by atoms with Gasteiger partial charge in [-0.15, -0.1) is 0 Å². The first-order chi connectivity index (χ1) is 10.0. The lowest BCUT2D eigenvalue weighted by Gasteiger charge is -2.42. The van der Waals surface area contributed by atoms with Crippen LogP contribution in [0, 0.1) is 0 Å². The van der Waals surface area contributed by atoms with Gasteiger partial charge in [0.1, 0.15) is 12.2 Å². The summed E-state index contributed by atoms with van der Waals surface area (Å²) in [4.78, 5) is 13.5. The number of nitrogens with zero attached hydrogens (tertiary/aromatic N) is 1. The van der Waals surface area contributed by atoms with Crippen molar-refractivity contribution in [2.45, 2.75) is 24.7 Å². The minimum absolute atomic E-state index is 0.0443. The molecule has 1 saturated heterocycles. The summed E-state index contributed by atoms with van der Waals surface area (Å²) in [6.07, 6.45) is -0.460. The highest BCUT2D eigenvalue weighted by atomic mass is 32.1. The van der Waals surface area contributed by atoms with Gasteiger partial charge in [-0.05, 0) is 28.8 Å². The van der Waals surface area contributed by atoms with Crippen molar-refractivity contribution in [3.05, 3.63) is 22.4 Å². The van der Waals surface area contributed by atoms with Crippen LogP contribution in [0.15, 0.2) is 16.8 Å². The number of nitrogens with one attached hydrogen (secondary N) is 1. The highest BCUT2D eigenvalue weighted by Crippen LogP contribution is 2.23. The van der Waals surface area contributed by atoms with Crippen molar-refractivity contribution in [2.75, 3.05) is 33.4 Å². The molecule has 1 aliphatic rings. The van der Waals surface area contributed by atoms with E-state index in [0.717, 1.165) is 6.54 Å². The molecule has 2 heterocycles. The van der Waals surface area contributed by atoms with Crippen LogP contribution in [0.1, 0.15) is 12.0 Å². The van der Waals surface area contributed by atoms with Crippen molar-refractivity contribution in [3.8, 4) is 0 Å². The number of ether oxygens (including phenoxy) is 1. The number of thiophene rings is 1. The molecular weight excluding hydrogens is 292 g/mol. The number of hydrogen-bond acceptors (Lipinski definition) is 6. The SMILES string of the molecule is COCC(=O)NC[C@]1(O)CCN(Cc2ccsc2)C[C@H]1O. The molecule has 0 radical (unpaired) electrons. The van der Waals surface area contributed by atoms with E-state index in [1.165, 1.54) is 12.7 Å². The van der Waals surface area contributed by atoms with Crippen LogP contribution in [0.4, 0.5) is 0 Å². The van der Waals surface area contributed by atoms with Crippen LogP contribution in [0.5, 0.6) is 0 Å². The summed E-state index contributed by atoms with van der Waals surface area (Å²) < 4.78 is 4.72. The van der Waals surface area contributed by atoms with Gasteiger partial charge in [0.05, 0.1) is 6.10 Å². The topological polar surface area (TPSA) is 82.0 Å². The fourth-order valence-electron chi connectivity index (χ4n) is 2.45. The molecule has 0 saturated carbocycles. The minimum Gasteiger partial charge on any atom is -0.389 e. The van der Waals surface area contributed by atoms with Crippen LogP contribution in [0.25, 0.3) is 0 Å². The van der Waals surface area contributed by atoms with E-state index in [2.05, 4.69) is 21.7 Å². The maximum Gasteiger partial charge on any atom is 0.246 e. The van der Waals surface area contributed by atoms with E-state index in [0.29, 0.717) is 19.5 Å². The molecule has 1 amide bonds. The Kier molecular flexibility index (Phi) is 5.72. The number of piperidine rings is 1. The summed E-state index contributed by atoms with van der Waals surface area (Å²) in [5.41, 5.74) is -0.0554. The summed E-state index contributed by atoms with van der Waals surface area (Å²) in [5.74, 6) is -0.293. The molecule has 3 N–H and O–H groups in total. The van der Waals surface area contributed by atoms with Crippen LogP contribution in [-0.4, -0.2) is 66.1 Å². The predicted molar refractivity (Wildman–Crippen MR) is 80.1 cm³/mol. The molecule has 1 fully saturated rings. The van der Waals surface area contributed by atoms with Crippen molar-refractivity contribution in [1.82, 2.24) is 10.2 Å². The highest BCUT2D eigenvalue weighted by molar-refractivity contribution is 7.07. The normalized spacial score (nSPS) is 26.7. The zero-order valence-corrected chi connectivity index (χ0v) is 12.9. The quantitative estimate of drug-likeness (QED) is 0.678. The standard InChI is InChI=1S/C14H22N2O4S/c1-20-8-13(18)15-10-14(19)3-4-16(7-12(14)17)6-11-2-5-21-9-11/h2,5,9,12,17,19H,3-4,6-8,10H2,1H3,(H,15,18)/t12-,14-/m1/s1. The second kappa shape index (κ2) is 7.33. The molecule has 1 aromatic heterocycles. The number of likely N-dealkylation sites (tertiary alicyclic amines) is 1. The number of amides is 1. The average Bonchev–Trinajstić information content (AvgIpc) is 2.95. The van der Waals surface area contributed by atoms with Gasteiger partial charge < -0.3 is 20.3 Å². The van der Waals surface area contributed by atoms with Gasteiger partial charge in [-0.25, -0.2) is 0 Å². The minimum atomic E-state index is -1.27. The molecule has 0 unspecified atom stereocenters. The van der Waals surface area contributed by atoms with Gasteiger partial charge in [0.2, 0.25) is 5.91 Å². The first kappa shape index (κ1) is 16.4. The van der Waals surface area contributed by atoms with Gasteiger partial charge in [0.15, 0.2) is 0 Å². The summed E-state index contributed by atoms with van der Waals surface area (Å²) >= 11 is 1.65. The lowest BCUT2D eigenvalue weighted by molar-refractivity contribution is -0.134. The molecule has 1 aliphatic heterocycles. The van der Waals surface area contributed by atoms with Crippen LogP contribution in [0.2, 0.25) is 0 Å². The molecular formula is C14H22N2O4S. The fraction of sp³-hybridized carbons (Fsp3) is 0.643. The molecule has 0 bridgehead atoms. The Bertz CT molecular complexity index is 454. The second-order valence-corrected chi connectivity index (χ2v) is 6.23. The molecule has 21 heavy (non-hydrogen) atoms. The van der Waals surface area contributed by atoms with E-state index >= 15 is 0 Å². The number of aliphatic hydroxyl groups excluding tert-OH is 1. The third kappa shape index (κ3) is 4.49. The van der Waals surface area contributed by atoms with Crippen LogP contribution in [-0.2, 0) is 16.1 Å². The van der Waals surface area contributed by atoms with E-state index < -0.39 is 11.7 Å². The van der Waals surface area contributed by atoms with Gasteiger partial charge in [-0.3, -0.25) is 9.69 Å². The molecule has 1 aromatic rings. The molecule has 0 aliphatic carbocycles. The Morgan fingerprint density at radius 2 is 2.48 bits per heavy atom. The zero-order valence-electron chi connectivity index (χ0n) is 12.1. The number of rotatable bonds is 6. The molecule has 118 valence electrons. The maximum atomic E-state index is 11.4. The van der Waals surface area contributed by atoms with Gasteiger partial charge >= 0.3 is 0 Å². The fourth-order valence-corrected chi connectivity index (χ4v) is 3.11. The summed E-state index contributed by atoms with van der Waals surface area (Å²) in [6.45, 7) is 1.85. The predicted octanol–water partition coefficient (Wildman–Crippen LogP) is -0.192. The molecule has 2 atom stereocenters. The third-order valence-corrected chi connectivity index (χ3v) is 4.50. The first-order valence-corrected chi connectivity index (χ1v) is 7.87. The van der Waals surface area contributed by atoms with E-state index in [9.17, 15) is 15.0 Å². The molecule has 6 nitrogen and oxygen atoms in total. The van der Waals surface area contributed by atoms with Crippen molar-refractivity contribution in [1.29, 1.82) is 0 Å². The van der Waals surface area contributed by atoms with E-state index in [4.69, 9.17) is 4.74 Å². The number of carbonyl (C=O) groups excluding carboxylic acids is 1. The highest BCUT2D eigenvalue weighted by Gasteiger charge is 2.40. The summed E-state index contributed by atoms with van der Waals surface area (Å²) in [6, 6.07) is 2.06. The first-order valence-electron chi connectivity index (χ1n) is 6.93. The number of methoxy groups -OCH3 is 1. The van der Waals surface area contributed by atoms with Crippen molar-refractivity contribution in [3.63, 3.8) is 0 Å². The second-order valence-electron chi connectivity index (χ2n) is 5.45. The maximum absolute atomic E-state index is 11.4. The number of hydrogen-bond donors (Lipinski definition) is 3. The molecule has 7 heteroatoms. The smallest absolute Gasteiger partial charge is 0.246 e. The van der Waals surface area contributed by atoms with Gasteiger partial charge in [-0.2, -0.15) is 11.3 Å². The Balaban J connectivity index is 1.83. The van der Waals surface area contributed by atoms with Gasteiger partial charge in [-0.1, -0.05) is 0 Å². The van der Waals surface area contributed by atoms with Gasteiger partial charge in [0.25, 0.3) is 0 Å². The molecule has 0 aromatic carbocycles. The van der Waals surface area contributed by atoms with Crippen molar-refractivity contribution >= 4 is 17.2 Å². The molecule has 0 spiro atoms. The van der Waals surface area contributed by atoms with Gasteiger partial charge in [0, 0.05) is 33.3 Å². The number of aliphatic hydroxyl groups is 2. The number of carbonyl (C=O) groups is 1. The Morgan fingerprint density at radius 3 is 3.10 bits per heavy atom. The number of β-amino-alcohol motifs (C(OH)–C–C–N with tert-alkyl or cyclic N) is 1. The molecule has 2 rings (SSSR count). The van der Waals surface area contributed by atoms with E-state index in [1.807, 2.05) is 5.38 Å². The lowest BCUT2D eigenvalue weighted by Crippen LogP contribution is -2.60. The Labute approximate surface area is 128 Å².